The summed E-state index contributed by atoms with van der Waals surface area (Å²) >= 11 is 0. The Bertz CT molecular complexity index is 497. The molecule has 0 bridgehead atoms. The van der Waals surface area contributed by atoms with Crippen molar-refractivity contribution in [3.63, 3.8) is 0 Å². The van der Waals surface area contributed by atoms with Crippen LogP contribution in [-0.4, -0.2) is 21.5 Å². The maximum absolute atomic E-state index is 5.62. The predicted octanol–water partition coefficient (Wildman–Crippen LogP) is 2.21. The van der Waals surface area contributed by atoms with Crippen molar-refractivity contribution >= 4 is 22.7 Å². The molecule has 17 heavy (non-hydrogen) atoms. The summed E-state index contributed by atoms with van der Waals surface area (Å²) in [5.41, 5.74) is 6.26. The lowest BCUT2D eigenvalue weighted by molar-refractivity contribution is 0.742. The number of aromatic nitrogens is 3. The molecule has 0 saturated heterocycles. The Kier molecular flexibility index (Phi) is 3.69. The van der Waals surface area contributed by atoms with Gasteiger partial charge in [-0.3, -0.25) is 0 Å². The Morgan fingerprint density at radius 1 is 1.24 bits per heavy atom. The van der Waals surface area contributed by atoms with Crippen LogP contribution in [0.25, 0.3) is 11.0 Å². The van der Waals surface area contributed by atoms with Crippen LogP contribution in [0, 0.1) is 0 Å². The summed E-state index contributed by atoms with van der Waals surface area (Å²) in [5.74, 6) is 1.31. The monoisotopic (exact) mass is 231 g/mol. The van der Waals surface area contributed by atoms with Crippen molar-refractivity contribution in [2.75, 3.05) is 17.6 Å². The lowest BCUT2D eigenvalue weighted by atomic mass is 10.2. The molecule has 0 saturated carbocycles. The van der Waals surface area contributed by atoms with Crippen molar-refractivity contribution in [3.8, 4) is 0 Å². The van der Waals surface area contributed by atoms with Gasteiger partial charge in [0.05, 0.1) is 5.39 Å². The van der Waals surface area contributed by atoms with Crippen molar-refractivity contribution in [2.24, 2.45) is 0 Å². The number of nitrogen functional groups attached to an aromatic ring is 1. The molecule has 2 heterocycles. The topological polar surface area (TPSA) is 76.7 Å². The molecule has 0 fully saturated rings. The number of unbranched alkanes of at least 4 members (excludes halogenated alkanes) is 2. The van der Waals surface area contributed by atoms with Crippen LogP contribution in [-0.2, 0) is 0 Å². The SMILES string of the molecule is CCCCCNc1ncnc2nc(N)ccc12. The van der Waals surface area contributed by atoms with Crippen LogP contribution < -0.4 is 11.1 Å². The zero-order chi connectivity index (χ0) is 12.1. The zero-order valence-corrected chi connectivity index (χ0v) is 9.98. The van der Waals surface area contributed by atoms with Crippen LogP contribution >= 0.6 is 0 Å². The van der Waals surface area contributed by atoms with Gasteiger partial charge in [0.2, 0.25) is 0 Å². The minimum Gasteiger partial charge on any atom is -0.384 e. The van der Waals surface area contributed by atoms with E-state index < -0.39 is 0 Å². The molecule has 3 N–H and O–H groups in total. The molecule has 0 aliphatic carbocycles. The summed E-state index contributed by atoms with van der Waals surface area (Å²) in [6.07, 6.45) is 5.09. The Morgan fingerprint density at radius 2 is 2.12 bits per heavy atom. The zero-order valence-electron chi connectivity index (χ0n) is 9.98. The molecule has 5 heteroatoms. The molecule has 2 aromatic rings. The number of rotatable bonds is 5. The molecular weight excluding hydrogens is 214 g/mol. The first-order valence-corrected chi connectivity index (χ1v) is 5.92. The minimum absolute atomic E-state index is 0.480. The van der Waals surface area contributed by atoms with Crippen molar-refractivity contribution in [1.82, 2.24) is 15.0 Å². The summed E-state index contributed by atoms with van der Waals surface area (Å²) in [6, 6.07) is 3.67. The molecule has 0 radical (unpaired) electrons. The van der Waals surface area contributed by atoms with Crippen LogP contribution in [0.3, 0.4) is 0 Å². The van der Waals surface area contributed by atoms with Crippen LogP contribution in [0.1, 0.15) is 26.2 Å². The van der Waals surface area contributed by atoms with Crippen LogP contribution in [0.2, 0.25) is 0 Å². The highest BCUT2D eigenvalue weighted by molar-refractivity contribution is 5.86. The first-order chi connectivity index (χ1) is 8.31. The highest BCUT2D eigenvalue weighted by atomic mass is 15.0. The van der Waals surface area contributed by atoms with Gasteiger partial charge in [0.1, 0.15) is 18.0 Å². The number of nitrogens with two attached hydrogens (primary N) is 1. The van der Waals surface area contributed by atoms with Crippen LogP contribution in [0.15, 0.2) is 18.5 Å². The van der Waals surface area contributed by atoms with Gasteiger partial charge in [0, 0.05) is 6.54 Å². The highest BCUT2D eigenvalue weighted by Crippen LogP contribution is 2.18. The molecule has 2 aromatic heterocycles. The van der Waals surface area contributed by atoms with E-state index in [0.29, 0.717) is 11.5 Å². The van der Waals surface area contributed by atoms with Gasteiger partial charge in [0.25, 0.3) is 0 Å². The quantitative estimate of drug-likeness (QED) is 0.771. The fourth-order valence-corrected chi connectivity index (χ4v) is 1.68. The molecule has 0 atom stereocenters. The number of anilines is 2. The van der Waals surface area contributed by atoms with Gasteiger partial charge in [-0.05, 0) is 18.6 Å². The van der Waals surface area contributed by atoms with E-state index in [-0.39, 0.29) is 0 Å². The fourth-order valence-electron chi connectivity index (χ4n) is 1.68. The van der Waals surface area contributed by atoms with Gasteiger partial charge in [-0.25, -0.2) is 15.0 Å². The van der Waals surface area contributed by atoms with Crippen molar-refractivity contribution in [1.29, 1.82) is 0 Å². The average Bonchev–Trinajstić information content (AvgIpc) is 2.34. The van der Waals surface area contributed by atoms with Crippen molar-refractivity contribution in [2.45, 2.75) is 26.2 Å². The first kappa shape index (κ1) is 11.6. The third kappa shape index (κ3) is 2.81. The summed E-state index contributed by atoms with van der Waals surface area (Å²) in [4.78, 5) is 12.5. The largest absolute Gasteiger partial charge is 0.384 e. The smallest absolute Gasteiger partial charge is 0.166 e. The van der Waals surface area contributed by atoms with Crippen LogP contribution in [0.4, 0.5) is 11.6 Å². The second-order valence-corrected chi connectivity index (χ2v) is 3.96. The average molecular weight is 231 g/mol. The van der Waals surface area contributed by atoms with Gasteiger partial charge < -0.3 is 11.1 Å². The van der Waals surface area contributed by atoms with Crippen LogP contribution in [0.5, 0.6) is 0 Å². The molecule has 0 amide bonds. The standard InChI is InChI=1S/C12H17N5/c1-2-3-4-7-14-11-9-5-6-10(13)17-12(9)16-8-15-11/h5-6,8H,2-4,7H2,1H3,(H3,13,14,15,16,17). The maximum atomic E-state index is 5.62. The van der Waals surface area contributed by atoms with E-state index in [4.69, 9.17) is 5.73 Å². The number of nitrogens with one attached hydrogen (secondary N) is 1. The number of fused-ring (bicyclic) bond motifs is 1. The first-order valence-electron chi connectivity index (χ1n) is 5.92. The Hall–Kier alpha value is -1.91. The van der Waals surface area contributed by atoms with Gasteiger partial charge in [-0.1, -0.05) is 19.8 Å². The summed E-state index contributed by atoms with van der Waals surface area (Å²) in [6.45, 7) is 3.11. The molecule has 0 aromatic carbocycles. The minimum atomic E-state index is 0.480. The van der Waals surface area contributed by atoms with E-state index in [1.165, 1.54) is 19.2 Å². The van der Waals surface area contributed by atoms with E-state index in [1.807, 2.05) is 6.07 Å². The third-order valence-electron chi connectivity index (χ3n) is 2.59. The number of nitrogens with zero attached hydrogens (tertiary/aromatic N) is 3. The summed E-state index contributed by atoms with van der Waals surface area (Å²) in [5, 5.41) is 4.22. The molecule has 5 nitrogen and oxygen atoms in total. The molecule has 0 aliphatic rings. The highest BCUT2D eigenvalue weighted by Gasteiger charge is 2.03. The van der Waals surface area contributed by atoms with E-state index in [1.54, 1.807) is 6.07 Å². The fraction of sp³-hybridized carbons (Fsp3) is 0.417. The molecule has 0 spiro atoms. The third-order valence-corrected chi connectivity index (χ3v) is 2.59. The second kappa shape index (κ2) is 5.43. The number of pyridine rings is 1. The normalized spacial score (nSPS) is 10.6. The van der Waals surface area contributed by atoms with E-state index >= 15 is 0 Å². The summed E-state index contributed by atoms with van der Waals surface area (Å²) in [7, 11) is 0. The Labute approximate surface area is 100 Å². The number of hydrogen-bond donors (Lipinski definition) is 2. The maximum Gasteiger partial charge on any atom is 0.166 e. The van der Waals surface area contributed by atoms with Gasteiger partial charge in [0.15, 0.2) is 5.65 Å². The number of hydrogen-bond acceptors (Lipinski definition) is 5. The van der Waals surface area contributed by atoms with Gasteiger partial charge in [-0.2, -0.15) is 0 Å². The Balaban J connectivity index is 2.16. The van der Waals surface area contributed by atoms with E-state index in [2.05, 4.69) is 27.2 Å². The van der Waals surface area contributed by atoms with Gasteiger partial charge >= 0.3 is 0 Å². The molecule has 2 rings (SSSR count). The van der Waals surface area contributed by atoms with Gasteiger partial charge in [-0.15, -0.1) is 0 Å². The predicted molar refractivity (Wildman–Crippen MR) is 69.8 cm³/mol. The molecule has 0 unspecified atom stereocenters. The van der Waals surface area contributed by atoms with E-state index in [9.17, 15) is 0 Å². The molecule has 90 valence electrons. The Morgan fingerprint density at radius 3 is 2.94 bits per heavy atom. The van der Waals surface area contributed by atoms with Crippen molar-refractivity contribution < 1.29 is 0 Å². The lowest BCUT2D eigenvalue weighted by Crippen LogP contribution is -2.05. The lowest BCUT2D eigenvalue weighted by Gasteiger charge is -2.07. The molecule has 0 aliphatic heterocycles. The van der Waals surface area contributed by atoms with Crippen molar-refractivity contribution in [3.05, 3.63) is 18.5 Å². The molecular formula is C12H17N5. The van der Waals surface area contributed by atoms with E-state index in [0.717, 1.165) is 24.2 Å². The second-order valence-electron chi connectivity index (χ2n) is 3.96. The summed E-state index contributed by atoms with van der Waals surface area (Å²) < 4.78 is 0.